The molecular weight excluding hydrogens is 449 g/mol. The largest absolute Gasteiger partial charge is 0.416 e. The fourth-order valence-electron chi connectivity index (χ4n) is 3.51. The van der Waals surface area contributed by atoms with E-state index in [9.17, 15) is 27.6 Å². The molecular formula is C24H17F3N4O3. The molecule has 2 amide bonds. The zero-order chi connectivity index (χ0) is 24.6. The van der Waals surface area contributed by atoms with Gasteiger partial charge in [-0.3, -0.25) is 19.0 Å². The molecule has 0 fully saturated rings. The van der Waals surface area contributed by atoms with Crippen molar-refractivity contribution in [1.82, 2.24) is 9.55 Å². The van der Waals surface area contributed by atoms with Gasteiger partial charge in [0.15, 0.2) is 0 Å². The lowest BCUT2D eigenvalue weighted by atomic mass is 10.1. The number of hydrogen-bond donors (Lipinski definition) is 2. The number of fused-ring (bicyclic) bond motifs is 1. The van der Waals surface area contributed by atoms with Crippen LogP contribution in [-0.2, 0) is 6.18 Å². The highest BCUT2D eigenvalue weighted by Crippen LogP contribution is 2.30. The number of carbonyl (C=O) groups is 2. The van der Waals surface area contributed by atoms with E-state index in [1.165, 1.54) is 41.2 Å². The molecule has 7 nitrogen and oxygen atoms in total. The Kier molecular flexibility index (Phi) is 5.66. The van der Waals surface area contributed by atoms with Gasteiger partial charge in [-0.2, -0.15) is 13.2 Å². The number of hydrogen-bond acceptors (Lipinski definition) is 4. The second kappa shape index (κ2) is 8.47. The van der Waals surface area contributed by atoms with E-state index < -0.39 is 29.1 Å². The maximum atomic E-state index is 13.1. The van der Waals surface area contributed by atoms with Crippen molar-refractivity contribution in [1.29, 1.82) is 0 Å². The number of nitrogens with zero attached hydrogens (tertiary/aromatic N) is 2. The van der Waals surface area contributed by atoms with Crippen LogP contribution in [0.3, 0.4) is 0 Å². The van der Waals surface area contributed by atoms with Crippen molar-refractivity contribution in [2.45, 2.75) is 13.1 Å². The van der Waals surface area contributed by atoms with Crippen LogP contribution in [0, 0.1) is 6.92 Å². The van der Waals surface area contributed by atoms with Crippen LogP contribution in [0.25, 0.3) is 16.6 Å². The van der Waals surface area contributed by atoms with Crippen LogP contribution in [0.15, 0.2) is 71.8 Å². The highest BCUT2D eigenvalue weighted by Gasteiger charge is 2.30. The average molecular weight is 466 g/mol. The number of amides is 2. The number of primary amides is 1. The van der Waals surface area contributed by atoms with Crippen molar-refractivity contribution >= 4 is 28.4 Å². The lowest BCUT2D eigenvalue weighted by molar-refractivity contribution is -0.137. The molecule has 0 aliphatic rings. The van der Waals surface area contributed by atoms with Crippen LogP contribution < -0.4 is 16.6 Å². The molecule has 0 radical (unpaired) electrons. The molecule has 172 valence electrons. The second-order valence-electron chi connectivity index (χ2n) is 7.52. The summed E-state index contributed by atoms with van der Waals surface area (Å²) in [5.74, 6) is -1.46. The van der Waals surface area contributed by atoms with Crippen molar-refractivity contribution in [3.8, 4) is 5.69 Å². The maximum absolute atomic E-state index is 13.1. The first-order valence-corrected chi connectivity index (χ1v) is 9.96. The summed E-state index contributed by atoms with van der Waals surface area (Å²) in [7, 11) is 0. The van der Waals surface area contributed by atoms with Crippen LogP contribution in [-0.4, -0.2) is 21.4 Å². The summed E-state index contributed by atoms with van der Waals surface area (Å²) < 4.78 is 40.1. The van der Waals surface area contributed by atoms with Crippen molar-refractivity contribution in [3.63, 3.8) is 0 Å². The average Bonchev–Trinajstić information content (AvgIpc) is 2.80. The third kappa shape index (κ3) is 4.25. The molecule has 4 rings (SSSR count). The van der Waals surface area contributed by atoms with Gasteiger partial charge in [0.25, 0.3) is 17.4 Å². The number of para-hydroxylation sites is 1. The summed E-state index contributed by atoms with van der Waals surface area (Å²) in [4.78, 5) is 41.6. The van der Waals surface area contributed by atoms with E-state index >= 15 is 0 Å². The van der Waals surface area contributed by atoms with Gasteiger partial charge in [0, 0.05) is 11.3 Å². The van der Waals surface area contributed by atoms with Crippen LogP contribution in [0.4, 0.5) is 18.9 Å². The van der Waals surface area contributed by atoms with Gasteiger partial charge in [-0.15, -0.1) is 0 Å². The fraction of sp³-hybridized carbons (Fsp3) is 0.0833. The predicted octanol–water partition coefficient (Wildman–Crippen LogP) is 4.06. The summed E-state index contributed by atoms with van der Waals surface area (Å²) in [6.45, 7) is 1.74. The SMILES string of the molecule is Cc1ccc(NC(=O)c2cccc(C(F)(F)F)c2)cc1-n1cnc2c(C(N)=O)cccc2c1=O. The summed E-state index contributed by atoms with van der Waals surface area (Å²) in [6, 6.07) is 13.3. The molecule has 10 heteroatoms. The second-order valence-corrected chi connectivity index (χ2v) is 7.52. The number of aromatic nitrogens is 2. The first-order valence-electron chi connectivity index (χ1n) is 9.96. The first kappa shape index (κ1) is 22.7. The molecule has 0 saturated carbocycles. The minimum atomic E-state index is -4.58. The Balaban J connectivity index is 1.72. The molecule has 3 aromatic carbocycles. The van der Waals surface area contributed by atoms with E-state index in [-0.39, 0.29) is 27.7 Å². The van der Waals surface area contributed by atoms with Gasteiger partial charge in [0.1, 0.15) is 6.33 Å². The minimum absolute atomic E-state index is 0.112. The zero-order valence-corrected chi connectivity index (χ0v) is 17.7. The Hall–Kier alpha value is -4.47. The highest BCUT2D eigenvalue weighted by molar-refractivity contribution is 6.05. The first-order chi connectivity index (χ1) is 16.1. The van der Waals surface area contributed by atoms with Gasteiger partial charge < -0.3 is 11.1 Å². The van der Waals surface area contributed by atoms with Crippen LogP contribution >= 0.6 is 0 Å². The van der Waals surface area contributed by atoms with E-state index in [0.29, 0.717) is 11.3 Å². The molecule has 4 aromatic rings. The van der Waals surface area contributed by atoms with Gasteiger partial charge in [0.05, 0.1) is 27.7 Å². The Morgan fingerprint density at radius 2 is 1.76 bits per heavy atom. The Morgan fingerprint density at radius 1 is 1.03 bits per heavy atom. The monoisotopic (exact) mass is 466 g/mol. The van der Waals surface area contributed by atoms with Crippen LogP contribution in [0.1, 0.15) is 31.8 Å². The van der Waals surface area contributed by atoms with Gasteiger partial charge in [-0.05, 0) is 55.0 Å². The quantitative estimate of drug-likeness (QED) is 0.473. The Labute approximate surface area is 190 Å². The van der Waals surface area contributed by atoms with Crippen LogP contribution in [0.2, 0.25) is 0 Å². The number of aryl methyl sites for hydroxylation is 1. The smallest absolute Gasteiger partial charge is 0.366 e. The summed E-state index contributed by atoms with van der Waals surface area (Å²) in [6.07, 6.45) is -3.33. The van der Waals surface area contributed by atoms with Gasteiger partial charge >= 0.3 is 6.18 Å². The lowest BCUT2D eigenvalue weighted by Gasteiger charge is -2.13. The molecule has 0 atom stereocenters. The van der Waals surface area contributed by atoms with Gasteiger partial charge in [0.2, 0.25) is 0 Å². The molecule has 0 aliphatic heterocycles. The van der Waals surface area contributed by atoms with E-state index in [1.54, 1.807) is 19.1 Å². The van der Waals surface area contributed by atoms with Crippen molar-refractivity contribution in [2.75, 3.05) is 5.32 Å². The number of rotatable bonds is 4. The van der Waals surface area contributed by atoms with E-state index in [1.807, 2.05) is 0 Å². The summed E-state index contributed by atoms with van der Waals surface area (Å²) in [5.41, 5.74) is 5.41. The zero-order valence-electron chi connectivity index (χ0n) is 17.7. The third-order valence-electron chi connectivity index (χ3n) is 5.23. The normalized spacial score (nSPS) is 11.4. The molecule has 1 heterocycles. The van der Waals surface area contributed by atoms with Gasteiger partial charge in [-0.1, -0.05) is 18.2 Å². The Bertz CT molecular complexity index is 1510. The van der Waals surface area contributed by atoms with E-state index in [2.05, 4.69) is 10.3 Å². The van der Waals surface area contributed by atoms with Crippen LogP contribution in [0.5, 0.6) is 0 Å². The summed E-state index contributed by atoms with van der Waals surface area (Å²) >= 11 is 0. The lowest BCUT2D eigenvalue weighted by Crippen LogP contribution is -2.22. The van der Waals surface area contributed by atoms with E-state index in [0.717, 1.165) is 18.2 Å². The van der Waals surface area contributed by atoms with Crippen molar-refractivity contribution in [2.24, 2.45) is 5.73 Å². The molecule has 0 bridgehead atoms. The molecule has 1 aromatic heterocycles. The molecule has 34 heavy (non-hydrogen) atoms. The molecule has 3 N–H and O–H groups in total. The topological polar surface area (TPSA) is 107 Å². The molecule has 0 spiro atoms. The van der Waals surface area contributed by atoms with Crippen molar-refractivity contribution in [3.05, 3.63) is 99.6 Å². The Morgan fingerprint density at radius 3 is 2.47 bits per heavy atom. The minimum Gasteiger partial charge on any atom is -0.366 e. The molecule has 0 aliphatic carbocycles. The summed E-state index contributed by atoms with van der Waals surface area (Å²) in [5, 5.41) is 2.73. The molecule has 0 unspecified atom stereocenters. The fourth-order valence-corrected chi connectivity index (χ4v) is 3.51. The number of nitrogens with one attached hydrogen (secondary N) is 1. The number of nitrogens with two attached hydrogens (primary N) is 1. The maximum Gasteiger partial charge on any atom is 0.416 e. The number of anilines is 1. The van der Waals surface area contributed by atoms with E-state index in [4.69, 9.17) is 5.73 Å². The number of halogens is 3. The van der Waals surface area contributed by atoms with Gasteiger partial charge in [-0.25, -0.2) is 4.98 Å². The standard InChI is InChI=1S/C24H17F3N4O3/c1-13-8-9-16(30-22(33)14-4-2-5-15(10-14)24(25,26)27)11-19(13)31-12-29-20-17(21(28)32)6-3-7-18(20)23(31)34/h2-12H,1H3,(H2,28,32)(H,30,33). The number of carbonyl (C=O) groups excluding carboxylic acids is 2. The third-order valence-corrected chi connectivity index (χ3v) is 5.23. The number of alkyl halides is 3. The predicted molar refractivity (Wildman–Crippen MR) is 120 cm³/mol. The number of benzene rings is 3. The highest BCUT2D eigenvalue weighted by atomic mass is 19.4. The van der Waals surface area contributed by atoms with Crippen molar-refractivity contribution < 1.29 is 22.8 Å². The molecule has 0 saturated heterocycles.